The van der Waals surface area contributed by atoms with Gasteiger partial charge in [-0.05, 0) is 41.6 Å². The van der Waals surface area contributed by atoms with E-state index in [4.69, 9.17) is 0 Å². The molecule has 1 aromatic carbocycles. The molecule has 0 aliphatic rings. The van der Waals surface area contributed by atoms with E-state index in [1.165, 1.54) is 21.2 Å². The topological polar surface area (TPSA) is 0 Å². The van der Waals surface area contributed by atoms with Gasteiger partial charge in [0.05, 0.1) is 4.21 Å². The fraction of sp³-hybridized carbons (Fsp3) is 0.200. The van der Waals surface area contributed by atoms with Gasteiger partial charge in [-0.3, -0.25) is 0 Å². The molecule has 2 rings (SSSR count). The van der Waals surface area contributed by atoms with Crippen LogP contribution in [0.4, 0.5) is 0 Å². The number of halogens is 1. The third-order valence-corrected chi connectivity index (χ3v) is 4.01. The summed E-state index contributed by atoms with van der Waals surface area (Å²) in [5, 5.41) is 2.22. The van der Waals surface area contributed by atoms with Crippen molar-refractivity contribution >= 4 is 50.0 Å². The fourth-order valence-corrected chi connectivity index (χ4v) is 3.29. The molecule has 1 heterocycles. The number of thiol groups is 1. The van der Waals surface area contributed by atoms with Gasteiger partial charge in [-0.2, -0.15) is 0 Å². The third kappa shape index (κ3) is 1.78. The second-order valence-corrected chi connectivity index (χ2v) is 5.46. The first-order valence-corrected chi connectivity index (χ1v) is 6.37. The van der Waals surface area contributed by atoms with Crippen LogP contribution in [0, 0.1) is 6.92 Å². The molecule has 0 unspecified atom stereocenters. The van der Waals surface area contributed by atoms with Gasteiger partial charge in [-0.15, -0.1) is 24.0 Å². The van der Waals surface area contributed by atoms with Crippen LogP contribution in [0.1, 0.15) is 11.1 Å². The molecule has 0 nitrogen and oxygen atoms in total. The smallest absolute Gasteiger partial charge is 0.0580 e. The quantitative estimate of drug-likeness (QED) is 0.578. The minimum atomic E-state index is 0.923. The summed E-state index contributed by atoms with van der Waals surface area (Å²) in [6, 6.07) is 6.58. The standard InChI is InChI=1S/C10H9BrS2/c1-6-2-9-7(3-8(6)5-11)4-10(12)13-9/h2-4,12H,5H2,1H3. The Morgan fingerprint density at radius 1 is 1.38 bits per heavy atom. The van der Waals surface area contributed by atoms with Crippen molar-refractivity contribution in [2.24, 2.45) is 0 Å². The van der Waals surface area contributed by atoms with E-state index in [0.29, 0.717) is 0 Å². The molecule has 0 amide bonds. The fourth-order valence-electron chi connectivity index (χ4n) is 1.37. The SMILES string of the molecule is Cc1cc2sc(S)cc2cc1CBr. The molecule has 0 fully saturated rings. The third-order valence-electron chi connectivity index (χ3n) is 2.11. The van der Waals surface area contributed by atoms with E-state index in [9.17, 15) is 0 Å². The van der Waals surface area contributed by atoms with Crippen molar-refractivity contribution < 1.29 is 0 Å². The van der Waals surface area contributed by atoms with Crippen molar-refractivity contribution in [1.29, 1.82) is 0 Å². The van der Waals surface area contributed by atoms with Crippen LogP contribution in [-0.4, -0.2) is 0 Å². The summed E-state index contributed by atoms with van der Waals surface area (Å²) in [7, 11) is 0. The molecule has 0 N–H and O–H groups in total. The largest absolute Gasteiger partial charge is 0.133 e. The minimum Gasteiger partial charge on any atom is -0.133 e. The average Bonchev–Trinajstić information content (AvgIpc) is 2.42. The Balaban J connectivity index is 2.72. The second-order valence-electron chi connectivity index (χ2n) is 3.03. The summed E-state index contributed by atoms with van der Waals surface area (Å²) >= 11 is 9.57. The Bertz CT molecular complexity index is 445. The predicted octanol–water partition coefficient (Wildman–Crippen LogP) is 4.39. The zero-order valence-electron chi connectivity index (χ0n) is 7.17. The van der Waals surface area contributed by atoms with Gasteiger partial charge in [-0.25, -0.2) is 0 Å². The van der Waals surface area contributed by atoms with Gasteiger partial charge in [0.15, 0.2) is 0 Å². The maximum atomic E-state index is 4.35. The van der Waals surface area contributed by atoms with E-state index in [1.807, 2.05) is 0 Å². The lowest BCUT2D eigenvalue weighted by Crippen LogP contribution is -1.82. The highest BCUT2D eigenvalue weighted by Crippen LogP contribution is 2.30. The number of hydrogen-bond donors (Lipinski definition) is 1. The number of fused-ring (bicyclic) bond motifs is 1. The molecule has 1 aromatic heterocycles. The normalized spacial score (nSPS) is 11.0. The number of benzene rings is 1. The molecule has 3 heteroatoms. The van der Waals surface area contributed by atoms with Gasteiger partial charge in [0.2, 0.25) is 0 Å². The molecule has 0 spiro atoms. The van der Waals surface area contributed by atoms with Crippen LogP contribution in [0.2, 0.25) is 0 Å². The van der Waals surface area contributed by atoms with E-state index >= 15 is 0 Å². The zero-order chi connectivity index (χ0) is 9.42. The van der Waals surface area contributed by atoms with Crippen LogP contribution in [-0.2, 0) is 5.33 Å². The second kappa shape index (κ2) is 3.64. The highest BCUT2D eigenvalue weighted by Gasteiger charge is 2.03. The molecule has 13 heavy (non-hydrogen) atoms. The highest BCUT2D eigenvalue weighted by atomic mass is 79.9. The molecule has 0 aliphatic heterocycles. The molecule has 0 atom stereocenters. The van der Waals surface area contributed by atoms with E-state index in [-0.39, 0.29) is 0 Å². The van der Waals surface area contributed by atoms with Gasteiger partial charge >= 0.3 is 0 Å². The molecule has 0 radical (unpaired) electrons. The first-order valence-electron chi connectivity index (χ1n) is 3.98. The van der Waals surface area contributed by atoms with Crippen molar-refractivity contribution in [3.05, 3.63) is 29.3 Å². The van der Waals surface area contributed by atoms with Crippen molar-refractivity contribution in [3.8, 4) is 0 Å². The number of thiophene rings is 1. The lowest BCUT2D eigenvalue weighted by atomic mass is 10.1. The Morgan fingerprint density at radius 3 is 2.85 bits per heavy atom. The summed E-state index contributed by atoms with van der Waals surface area (Å²) in [5.41, 5.74) is 2.71. The molecule has 0 bridgehead atoms. The summed E-state index contributed by atoms with van der Waals surface area (Å²) in [6.45, 7) is 2.15. The molecular formula is C10H9BrS2. The van der Waals surface area contributed by atoms with E-state index in [0.717, 1.165) is 9.54 Å². The monoisotopic (exact) mass is 272 g/mol. The Hall–Kier alpha value is 0.01000. The molecule has 2 aromatic rings. The van der Waals surface area contributed by atoms with E-state index in [1.54, 1.807) is 11.3 Å². The minimum absolute atomic E-state index is 0.923. The van der Waals surface area contributed by atoms with Crippen LogP contribution < -0.4 is 0 Å². The molecule has 0 aliphatic carbocycles. The number of rotatable bonds is 1. The number of aryl methyl sites for hydroxylation is 1. The Morgan fingerprint density at radius 2 is 2.15 bits per heavy atom. The molecular weight excluding hydrogens is 264 g/mol. The van der Waals surface area contributed by atoms with Crippen molar-refractivity contribution in [1.82, 2.24) is 0 Å². The van der Waals surface area contributed by atoms with Gasteiger partial charge in [0, 0.05) is 10.0 Å². The first-order chi connectivity index (χ1) is 6.20. The summed E-state index contributed by atoms with van der Waals surface area (Å²) in [6.07, 6.45) is 0. The van der Waals surface area contributed by atoms with Crippen LogP contribution in [0.25, 0.3) is 10.1 Å². The van der Waals surface area contributed by atoms with Gasteiger partial charge in [0.25, 0.3) is 0 Å². The maximum absolute atomic E-state index is 4.35. The summed E-state index contributed by atoms with van der Waals surface area (Å²) in [4.78, 5) is 0. The van der Waals surface area contributed by atoms with Crippen molar-refractivity contribution in [2.45, 2.75) is 16.5 Å². The van der Waals surface area contributed by atoms with Crippen LogP contribution in [0.5, 0.6) is 0 Å². The maximum Gasteiger partial charge on any atom is 0.0580 e. The van der Waals surface area contributed by atoms with Gasteiger partial charge in [0.1, 0.15) is 0 Å². The van der Waals surface area contributed by atoms with E-state index in [2.05, 4.69) is 53.7 Å². The first kappa shape index (κ1) is 9.56. The average molecular weight is 273 g/mol. The van der Waals surface area contributed by atoms with Gasteiger partial charge in [-0.1, -0.05) is 15.9 Å². The zero-order valence-corrected chi connectivity index (χ0v) is 10.5. The summed E-state index contributed by atoms with van der Waals surface area (Å²) in [5.74, 6) is 0. The summed E-state index contributed by atoms with van der Waals surface area (Å²) < 4.78 is 2.41. The van der Waals surface area contributed by atoms with Gasteiger partial charge < -0.3 is 0 Å². The number of hydrogen-bond acceptors (Lipinski definition) is 2. The van der Waals surface area contributed by atoms with E-state index < -0.39 is 0 Å². The lowest BCUT2D eigenvalue weighted by Gasteiger charge is -2.01. The lowest BCUT2D eigenvalue weighted by molar-refractivity contribution is 1.35. The van der Waals surface area contributed by atoms with Crippen LogP contribution >= 0.6 is 39.9 Å². The van der Waals surface area contributed by atoms with Crippen molar-refractivity contribution in [3.63, 3.8) is 0 Å². The molecule has 68 valence electrons. The highest BCUT2D eigenvalue weighted by molar-refractivity contribution is 9.08. The van der Waals surface area contributed by atoms with Crippen molar-refractivity contribution in [2.75, 3.05) is 0 Å². The Kier molecular flexibility index (Phi) is 2.67. The van der Waals surface area contributed by atoms with Crippen LogP contribution in [0.3, 0.4) is 0 Å². The molecule has 0 saturated carbocycles. The Labute approximate surface area is 95.5 Å². The predicted molar refractivity (Wildman–Crippen MR) is 66.4 cm³/mol. The number of alkyl halides is 1. The molecule has 0 saturated heterocycles. The van der Waals surface area contributed by atoms with Crippen LogP contribution in [0.15, 0.2) is 22.4 Å².